The standard InChI is InChI=1S/C15H12ClFN2O2/c1-2-11-8(6-7-20-11)14-12(15(18)21-19-14)9-4-3-5-10(16)13(9)17/h3-7H,2,18H2,1H3. The van der Waals surface area contributed by atoms with Gasteiger partial charge in [-0.1, -0.05) is 35.8 Å². The Bertz CT molecular complexity index is 795. The Balaban J connectivity index is 2.25. The number of nitrogen functional groups attached to an aromatic ring is 1. The molecule has 0 spiro atoms. The van der Waals surface area contributed by atoms with Crippen LogP contribution in [0.4, 0.5) is 10.3 Å². The van der Waals surface area contributed by atoms with Gasteiger partial charge in [0.25, 0.3) is 0 Å². The molecular weight excluding hydrogens is 295 g/mol. The molecule has 21 heavy (non-hydrogen) atoms. The van der Waals surface area contributed by atoms with Crippen molar-refractivity contribution in [3.8, 4) is 22.4 Å². The quantitative estimate of drug-likeness (QED) is 0.771. The van der Waals surface area contributed by atoms with Crippen molar-refractivity contribution in [1.29, 1.82) is 0 Å². The van der Waals surface area contributed by atoms with Crippen LogP contribution in [0.5, 0.6) is 0 Å². The van der Waals surface area contributed by atoms with E-state index in [-0.39, 0.29) is 16.5 Å². The molecule has 0 unspecified atom stereocenters. The van der Waals surface area contributed by atoms with Crippen molar-refractivity contribution in [3.63, 3.8) is 0 Å². The van der Waals surface area contributed by atoms with Crippen molar-refractivity contribution in [1.82, 2.24) is 5.16 Å². The number of benzene rings is 1. The molecule has 0 aliphatic heterocycles. The predicted molar refractivity (Wildman–Crippen MR) is 78.4 cm³/mol. The van der Waals surface area contributed by atoms with Crippen LogP contribution in [0.25, 0.3) is 22.4 Å². The van der Waals surface area contributed by atoms with Gasteiger partial charge in [-0.05, 0) is 12.1 Å². The van der Waals surface area contributed by atoms with E-state index in [0.717, 1.165) is 11.3 Å². The molecule has 3 aromatic rings. The van der Waals surface area contributed by atoms with Gasteiger partial charge in [-0.3, -0.25) is 0 Å². The van der Waals surface area contributed by atoms with E-state index in [1.807, 2.05) is 6.92 Å². The van der Waals surface area contributed by atoms with Crippen molar-refractivity contribution >= 4 is 17.5 Å². The third kappa shape index (κ3) is 2.19. The number of aryl methyl sites for hydroxylation is 1. The van der Waals surface area contributed by atoms with Crippen LogP contribution < -0.4 is 5.73 Å². The average Bonchev–Trinajstić information content (AvgIpc) is 3.08. The number of hydrogen-bond acceptors (Lipinski definition) is 4. The molecule has 108 valence electrons. The van der Waals surface area contributed by atoms with Crippen LogP contribution in [0.15, 0.2) is 39.5 Å². The smallest absolute Gasteiger partial charge is 0.230 e. The average molecular weight is 307 g/mol. The molecule has 1 aromatic carbocycles. The van der Waals surface area contributed by atoms with Crippen LogP contribution in [0.2, 0.25) is 5.02 Å². The number of furan rings is 1. The van der Waals surface area contributed by atoms with E-state index in [2.05, 4.69) is 5.16 Å². The van der Waals surface area contributed by atoms with Gasteiger partial charge in [0.15, 0.2) is 0 Å². The molecule has 2 heterocycles. The zero-order valence-electron chi connectivity index (χ0n) is 11.2. The molecule has 0 atom stereocenters. The summed E-state index contributed by atoms with van der Waals surface area (Å²) in [6.07, 6.45) is 2.23. The second-order valence-corrected chi connectivity index (χ2v) is 4.89. The molecular formula is C15H12ClFN2O2. The highest BCUT2D eigenvalue weighted by Crippen LogP contribution is 2.40. The van der Waals surface area contributed by atoms with Gasteiger partial charge in [0.05, 0.1) is 16.8 Å². The molecule has 2 aromatic heterocycles. The first-order chi connectivity index (χ1) is 10.1. The zero-order chi connectivity index (χ0) is 15.0. The molecule has 6 heteroatoms. The Morgan fingerprint density at radius 2 is 2.10 bits per heavy atom. The molecule has 0 saturated heterocycles. The number of halogens is 2. The van der Waals surface area contributed by atoms with Crippen LogP contribution >= 0.6 is 11.6 Å². The fourth-order valence-corrected chi connectivity index (χ4v) is 2.44. The van der Waals surface area contributed by atoms with Crippen LogP contribution in [0.3, 0.4) is 0 Å². The largest absolute Gasteiger partial charge is 0.469 e. The van der Waals surface area contributed by atoms with E-state index < -0.39 is 5.82 Å². The minimum absolute atomic E-state index is 0.0157. The lowest BCUT2D eigenvalue weighted by Gasteiger charge is -2.05. The lowest BCUT2D eigenvalue weighted by Crippen LogP contribution is -1.92. The van der Waals surface area contributed by atoms with E-state index in [1.54, 1.807) is 24.5 Å². The van der Waals surface area contributed by atoms with Crippen molar-refractivity contribution < 1.29 is 13.3 Å². The normalized spacial score (nSPS) is 11.0. The predicted octanol–water partition coefficient (Wildman–Crippen LogP) is 4.54. The van der Waals surface area contributed by atoms with Crippen LogP contribution in [0, 0.1) is 5.82 Å². The maximum atomic E-state index is 14.3. The Kier molecular flexibility index (Phi) is 3.43. The number of aromatic nitrogens is 1. The summed E-state index contributed by atoms with van der Waals surface area (Å²) in [4.78, 5) is 0. The van der Waals surface area contributed by atoms with E-state index in [0.29, 0.717) is 17.7 Å². The number of anilines is 1. The van der Waals surface area contributed by atoms with Gasteiger partial charge in [-0.25, -0.2) is 4.39 Å². The maximum Gasteiger partial charge on any atom is 0.230 e. The molecule has 0 radical (unpaired) electrons. The van der Waals surface area contributed by atoms with Gasteiger partial charge in [0.1, 0.15) is 17.3 Å². The fraction of sp³-hybridized carbons (Fsp3) is 0.133. The van der Waals surface area contributed by atoms with Crippen LogP contribution in [0.1, 0.15) is 12.7 Å². The molecule has 0 bridgehead atoms. The van der Waals surface area contributed by atoms with Crippen molar-refractivity contribution in [2.75, 3.05) is 5.73 Å². The van der Waals surface area contributed by atoms with E-state index >= 15 is 0 Å². The zero-order valence-corrected chi connectivity index (χ0v) is 11.9. The summed E-state index contributed by atoms with van der Waals surface area (Å²) >= 11 is 5.83. The number of nitrogens with zero attached hydrogens (tertiary/aromatic N) is 1. The first-order valence-corrected chi connectivity index (χ1v) is 6.77. The number of nitrogens with two attached hydrogens (primary N) is 1. The Morgan fingerprint density at radius 1 is 1.29 bits per heavy atom. The van der Waals surface area contributed by atoms with Crippen LogP contribution in [-0.4, -0.2) is 5.16 Å². The molecule has 3 rings (SSSR count). The Labute approximate surface area is 125 Å². The van der Waals surface area contributed by atoms with Gasteiger partial charge in [-0.15, -0.1) is 0 Å². The van der Waals surface area contributed by atoms with Gasteiger partial charge in [0, 0.05) is 17.5 Å². The third-order valence-corrected chi connectivity index (χ3v) is 3.55. The van der Waals surface area contributed by atoms with E-state index in [1.165, 1.54) is 6.07 Å². The third-order valence-electron chi connectivity index (χ3n) is 3.26. The molecule has 0 aliphatic carbocycles. The highest BCUT2D eigenvalue weighted by molar-refractivity contribution is 6.31. The van der Waals surface area contributed by atoms with E-state index in [4.69, 9.17) is 26.3 Å². The summed E-state index contributed by atoms with van der Waals surface area (Å²) in [5, 5.41) is 3.96. The van der Waals surface area contributed by atoms with Gasteiger partial charge < -0.3 is 14.7 Å². The lowest BCUT2D eigenvalue weighted by molar-refractivity contribution is 0.439. The SMILES string of the molecule is CCc1occc1-c1noc(N)c1-c1cccc(Cl)c1F. The monoisotopic (exact) mass is 306 g/mol. The fourth-order valence-electron chi connectivity index (χ4n) is 2.27. The molecule has 0 amide bonds. The number of rotatable bonds is 3. The highest BCUT2D eigenvalue weighted by Gasteiger charge is 2.23. The summed E-state index contributed by atoms with van der Waals surface area (Å²) in [6, 6.07) is 6.45. The summed E-state index contributed by atoms with van der Waals surface area (Å²) < 4.78 is 24.7. The van der Waals surface area contributed by atoms with Crippen LogP contribution in [-0.2, 0) is 6.42 Å². The Hall–Kier alpha value is -2.27. The molecule has 0 fully saturated rings. The molecule has 0 saturated carbocycles. The van der Waals surface area contributed by atoms with Gasteiger partial charge in [-0.2, -0.15) is 0 Å². The van der Waals surface area contributed by atoms with E-state index in [9.17, 15) is 4.39 Å². The second-order valence-electron chi connectivity index (χ2n) is 4.48. The second kappa shape index (κ2) is 5.26. The number of hydrogen-bond donors (Lipinski definition) is 1. The van der Waals surface area contributed by atoms with Gasteiger partial charge >= 0.3 is 0 Å². The van der Waals surface area contributed by atoms with Crippen molar-refractivity contribution in [2.45, 2.75) is 13.3 Å². The van der Waals surface area contributed by atoms with Gasteiger partial charge in [0.2, 0.25) is 5.88 Å². The minimum atomic E-state index is -0.558. The topological polar surface area (TPSA) is 65.2 Å². The molecule has 2 N–H and O–H groups in total. The lowest BCUT2D eigenvalue weighted by atomic mass is 10.00. The maximum absolute atomic E-state index is 14.3. The summed E-state index contributed by atoms with van der Waals surface area (Å²) in [7, 11) is 0. The Morgan fingerprint density at radius 3 is 2.86 bits per heavy atom. The first kappa shape index (κ1) is 13.7. The summed E-state index contributed by atoms with van der Waals surface area (Å²) in [6.45, 7) is 1.95. The minimum Gasteiger partial charge on any atom is -0.469 e. The van der Waals surface area contributed by atoms with Crippen molar-refractivity contribution in [3.05, 3.63) is 47.1 Å². The van der Waals surface area contributed by atoms with Crippen molar-refractivity contribution in [2.24, 2.45) is 0 Å². The molecule has 0 aliphatic rings. The first-order valence-electron chi connectivity index (χ1n) is 6.39. The summed E-state index contributed by atoms with van der Waals surface area (Å²) in [5.41, 5.74) is 7.62. The highest BCUT2D eigenvalue weighted by atomic mass is 35.5. The molecule has 4 nitrogen and oxygen atoms in total. The summed E-state index contributed by atoms with van der Waals surface area (Å²) in [5.74, 6) is 0.207.